The highest BCUT2D eigenvalue weighted by molar-refractivity contribution is 5.91. The van der Waals surface area contributed by atoms with Crippen LogP contribution in [0, 0.1) is 12.8 Å². The fourth-order valence-corrected chi connectivity index (χ4v) is 2.75. The van der Waals surface area contributed by atoms with Gasteiger partial charge in [-0.25, -0.2) is 4.79 Å². The van der Waals surface area contributed by atoms with Crippen LogP contribution in [0.15, 0.2) is 22.7 Å². The van der Waals surface area contributed by atoms with Gasteiger partial charge in [0.25, 0.3) is 5.89 Å². The van der Waals surface area contributed by atoms with Crippen LogP contribution in [0.4, 0.5) is 10.5 Å². The zero-order valence-electron chi connectivity index (χ0n) is 14.2. The molecular formula is C17H20N4O4. The SMILES string of the molecule is CCc1noc(-c2ccc(C)c(NC(=O)N3CCC(C(=O)O)C3)c2)n1. The molecule has 2 amide bonds. The molecule has 2 heterocycles. The van der Waals surface area contributed by atoms with Crippen molar-refractivity contribution in [1.29, 1.82) is 0 Å². The van der Waals surface area contributed by atoms with Gasteiger partial charge in [0.15, 0.2) is 5.82 Å². The molecule has 0 spiro atoms. The minimum absolute atomic E-state index is 0.226. The highest BCUT2D eigenvalue weighted by atomic mass is 16.5. The van der Waals surface area contributed by atoms with Gasteiger partial charge in [-0.1, -0.05) is 18.1 Å². The van der Waals surface area contributed by atoms with Gasteiger partial charge in [-0.05, 0) is 31.0 Å². The predicted octanol–water partition coefficient (Wildman–Crippen LogP) is 2.55. The topological polar surface area (TPSA) is 109 Å². The molecule has 0 radical (unpaired) electrons. The molecule has 0 saturated carbocycles. The summed E-state index contributed by atoms with van der Waals surface area (Å²) < 4.78 is 5.23. The van der Waals surface area contributed by atoms with Gasteiger partial charge >= 0.3 is 12.0 Å². The number of nitrogens with zero attached hydrogens (tertiary/aromatic N) is 3. The summed E-state index contributed by atoms with van der Waals surface area (Å²) in [6, 6.07) is 5.20. The fraction of sp³-hybridized carbons (Fsp3) is 0.412. The first-order chi connectivity index (χ1) is 12.0. The third-order valence-electron chi connectivity index (χ3n) is 4.34. The van der Waals surface area contributed by atoms with Crippen molar-refractivity contribution in [2.45, 2.75) is 26.7 Å². The lowest BCUT2D eigenvalue weighted by Crippen LogP contribution is -2.34. The standard InChI is InChI=1S/C17H20N4O4/c1-3-14-19-15(25-20-14)11-5-4-10(2)13(8-11)18-17(24)21-7-6-12(9-21)16(22)23/h4-5,8,12H,3,6-7,9H2,1-2H3,(H,18,24)(H,22,23). The van der Waals surface area contributed by atoms with Crippen molar-refractivity contribution in [2.75, 3.05) is 18.4 Å². The Labute approximate surface area is 144 Å². The molecule has 8 heteroatoms. The number of urea groups is 1. The number of rotatable bonds is 4. The molecule has 1 fully saturated rings. The van der Waals surface area contributed by atoms with Crippen molar-refractivity contribution in [3.05, 3.63) is 29.6 Å². The van der Waals surface area contributed by atoms with Crippen LogP contribution in [-0.4, -0.2) is 45.2 Å². The molecule has 132 valence electrons. The quantitative estimate of drug-likeness (QED) is 0.882. The van der Waals surface area contributed by atoms with Gasteiger partial charge in [-0.15, -0.1) is 0 Å². The molecule has 1 aromatic heterocycles. The molecule has 1 saturated heterocycles. The number of carbonyl (C=O) groups excluding carboxylic acids is 1. The first-order valence-corrected chi connectivity index (χ1v) is 8.20. The normalized spacial score (nSPS) is 16.9. The molecule has 1 aliphatic heterocycles. The van der Waals surface area contributed by atoms with E-state index in [-0.39, 0.29) is 12.6 Å². The van der Waals surface area contributed by atoms with Crippen LogP contribution in [0.25, 0.3) is 11.5 Å². The second-order valence-electron chi connectivity index (χ2n) is 6.10. The van der Waals surface area contributed by atoms with E-state index in [9.17, 15) is 9.59 Å². The Bertz CT molecular complexity index is 802. The van der Waals surface area contributed by atoms with Crippen LogP contribution < -0.4 is 5.32 Å². The summed E-state index contributed by atoms with van der Waals surface area (Å²) in [4.78, 5) is 29.2. The maximum Gasteiger partial charge on any atom is 0.321 e. The predicted molar refractivity (Wildman–Crippen MR) is 90.2 cm³/mol. The van der Waals surface area contributed by atoms with E-state index in [1.165, 1.54) is 4.90 Å². The zero-order valence-corrected chi connectivity index (χ0v) is 14.2. The third-order valence-corrected chi connectivity index (χ3v) is 4.34. The van der Waals surface area contributed by atoms with Gasteiger partial charge in [0.05, 0.1) is 5.92 Å². The van der Waals surface area contributed by atoms with Crippen molar-refractivity contribution in [3.8, 4) is 11.5 Å². The summed E-state index contributed by atoms with van der Waals surface area (Å²) in [5, 5.41) is 15.8. The molecule has 25 heavy (non-hydrogen) atoms. The minimum atomic E-state index is -0.864. The van der Waals surface area contributed by atoms with Gasteiger partial charge in [0.2, 0.25) is 0 Å². The lowest BCUT2D eigenvalue weighted by atomic mass is 10.1. The Morgan fingerprint density at radius 1 is 1.44 bits per heavy atom. The van der Waals surface area contributed by atoms with Gasteiger partial charge in [0.1, 0.15) is 0 Å². The van der Waals surface area contributed by atoms with E-state index in [0.29, 0.717) is 36.8 Å². The minimum Gasteiger partial charge on any atom is -0.481 e. The Morgan fingerprint density at radius 3 is 2.88 bits per heavy atom. The lowest BCUT2D eigenvalue weighted by Gasteiger charge is -2.18. The van der Waals surface area contributed by atoms with Gasteiger partial charge in [-0.2, -0.15) is 4.98 Å². The Balaban J connectivity index is 1.75. The molecule has 1 unspecified atom stereocenters. The third kappa shape index (κ3) is 3.62. The summed E-state index contributed by atoms with van der Waals surface area (Å²) in [7, 11) is 0. The number of hydrogen-bond acceptors (Lipinski definition) is 5. The highest BCUT2D eigenvalue weighted by Gasteiger charge is 2.31. The van der Waals surface area contributed by atoms with E-state index in [2.05, 4.69) is 15.5 Å². The monoisotopic (exact) mass is 344 g/mol. The van der Waals surface area contributed by atoms with Crippen molar-refractivity contribution in [2.24, 2.45) is 5.92 Å². The number of nitrogens with one attached hydrogen (secondary N) is 1. The summed E-state index contributed by atoms with van der Waals surface area (Å²) in [5.74, 6) is -0.335. The Hall–Kier alpha value is -2.90. The Kier molecular flexibility index (Phi) is 4.69. The lowest BCUT2D eigenvalue weighted by molar-refractivity contribution is -0.141. The number of amides is 2. The number of carboxylic acids is 1. The molecule has 1 aliphatic rings. The van der Waals surface area contributed by atoms with E-state index in [1.54, 1.807) is 6.07 Å². The van der Waals surface area contributed by atoms with E-state index in [1.807, 2.05) is 26.0 Å². The van der Waals surface area contributed by atoms with Gasteiger partial charge in [0, 0.05) is 30.8 Å². The van der Waals surface area contributed by atoms with Crippen molar-refractivity contribution in [3.63, 3.8) is 0 Å². The first kappa shape index (κ1) is 16.9. The molecule has 0 bridgehead atoms. The second kappa shape index (κ2) is 6.92. The number of hydrogen-bond donors (Lipinski definition) is 2. The van der Waals surface area contributed by atoms with Crippen molar-refractivity contribution >= 4 is 17.7 Å². The van der Waals surface area contributed by atoms with E-state index in [0.717, 1.165) is 11.1 Å². The van der Waals surface area contributed by atoms with Crippen LogP contribution in [-0.2, 0) is 11.2 Å². The molecule has 1 atom stereocenters. The molecule has 1 aromatic carbocycles. The summed E-state index contributed by atoms with van der Waals surface area (Å²) in [6.07, 6.45) is 1.15. The number of carbonyl (C=O) groups is 2. The number of aryl methyl sites for hydroxylation is 2. The highest BCUT2D eigenvalue weighted by Crippen LogP contribution is 2.25. The van der Waals surface area contributed by atoms with Crippen LogP contribution in [0.5, 0.6) is 0 Å². The number of carboxylic acid groups (broad SMARTS) is 1. The first-order valence-electron chi connectivity index (χ1n) is 8.20. The number of aliphatic carboxylic acids is 1. The molecule has 0 aliphatic carbocycles. The average molecular weight is 344 g/mol. The van der Waals surface area contributed by atoms with Gasteiger partial charge in [-0.3, -0.25) is 4.79 Å². The number of aromatic nitrogens is 2. The smallest absolute Gasteiger partial charge is 0.321 e. The Morgan fingerprint density at radius 2 is 2.24 bits per heavy atom. The van der Waals surface area contributed by atoms with Crippen molar-refractivity contribution in [1.82, 2.24) is 15.0 Å². The number of likely N-dealkylation sites (tertiary alicyclic amines) is 1. The van der Waals surface area contributed by atoms with Crippen LogP contribution >= 0.6 is 0 Å². The second-order valence-corrected chi connectivity index (χ2v) is 6.10. The molecule has 3 rings (SSSR count). The summed E-state index contributed by atoms with van der Waals surface area (Å²) in [6.45, 7) is 4.49. The van der Waals surface area contributed by atoms with Crippen molar-refractivity contribution < 1.29 is 19.2 Å². The van der Waals surface area contributed by atoms with E-state index in [4.69, 9.17) is 9.63 Å². The van der Waals surface area contributed by atoms with Gasteiger partial charge < -0.3 is 19.8 Å². The van der Waals surface area contributed by atoms with E-state index >= 15 is 0 Å². The summed E-state index contributed by atoms with van der Waals surface area (Å²) in [5.41, 5.74) is 2.25. The largest absolute Gasteiger partial charge is 0.481 e. The fourth-order valence-electron chi connectivity index (χ4n) is 2.75. The zero-order chi connectivity index (χ0) is 18.0. The molecular weight excluding hydrogens is 324 g/mol. The average Bonchev–Trinajstić information content (AvgIpc) is 3.26. The van der Waals surface area contributed by atoms with Crippen LogP contribution in [0.1, 0.15) is 24.7 Å². The maximum atomic E-state index is 12.4. The number of benzene rings is 1. The van der Waals surface area contributed by atoms with Crippen LogP contribution in [0.2, 0.25) is 0 Å². The maximum absolute atomic E-state index is 12.4. The van der Waals surface area contributed by atoms with E-state index < -0.39 is 11.9 Å². The summed E-state index contributed by atoms with van der Waals surface area (Å²) >= 11 is 0. The molecule has 2 aromatic rings. The molecule has 2 N–H and O–H groups in total. The van der Waals surface area contributed by atoms with Crippen LogP contribution in [0.3, 0.4) is 0 Å². The molecule has 8 nitrogen and oxygen atoms in total. The number of anilines is 1.